The van der Waals surface area contributed by atoms with Crippen LogP contribution in [-0.4, -0.2) is 40.9 Å². The summed E-state index contributed by atoms with van der Waals surface area (Å²) in [5.74, 6) is 0.834. The van der Waals surface area contributed by atoms with Crippen molar-refractivity contribution in [1.82, 2.24) is 4.98 Å². The van der Waals surface area contributed by atoms with Crippen LogP contribution in [0.25, 0.3) is 0 Å². The molecule has 3 rings (SSSR count). The van der Waals surface area contributed by atoms with Gasteiger partial charge in [0.1, 0.15) is 12.0 Å². The summed E-state index contributed by atoms with van der Waals surface area (Å²) in [6, 6.07) is 1.51. The van der Waals surface area contributed by atoms with E-state index in [1.165, 1.54) is 12.3 Å². The predicted octanol–water partition coefficient (Wildman–Crippen LogP) is 2.28. The molecular formula is C16H23N3O4. The molecule has 1 aromatic rings. The molecule has 7 heteroatoms. The molecule has 1 aliphatic heterocycles. The Morgan fingerprint density at radius 3 is 2.87 bits per heavy atom. The summed E-state index contributed by atoms with van der Waals surface area (Å²) < 4.78 is 5.42. The fourth-order valence-corrected chi connectivity index (χ4v) is 3.89. The Bertz CT molecular complexity index is 587. The van der Waals surface area contributed by atoms with Gasteiger partial charge in [0, 0.05) is 37.2 Å². The molecule has 0 aromatic carbocycles. The van der Waals surface area contributed by atoms with Gasteiger partial charge in [0.2, 0.25) is 0 Å². The van der Waals surface area contributed by atoms with Crippen molar-refractivity contribution in [3.63, 3.8) is 0 Å². The number of aromatic nitrogens is 1. The molecule has 1 aliphatic carbocycles. The van der Waals surface area contributed by atoms with E-state index in [4.69, 9.17) is 4.74 Å². The lowest BCUT2D eigenvalue weighted by atomic mass is 9.76. The molecule has 1 spiro atoms. The Balaban J connectivity index is 1.62. The zero-order valence-electron chi connectivity index (χ0n) is 13.3. The van der Waals surface area contributed by atoms with Crippen molar-refractivity contribution in [2.24, 2.45) is 11.3 Å². The molecule has 0 amide bonds. The fourth-order valence-electron chi connectivity index (χ4n) is 3.89. The molecule has 126 valence electrons. The van der Waals surface area contributed by atoms with Gasteiger partial charge in [0.15, 0.2) is 0 Å². The molecule has 7 nitrogen and oxygen atoms in total. The van der Waals surface area contributed by atoms with Crippen molar-refractivity contribution in [3.8, 4) is 0 Å². The maximum atomic E-state index is 10.7. The summed E-state index contributed by atoms with van der Waals surface area (Å²) in [6.45, 7) is 3.91. The van der Waals surface area contributed by atoms with Crippen LogP contribution in [0.15, 0.2) is 12.3 Å². The van der Waals surface area contributed by atoms with Crippen LogP contribution in [-0.2, 0) is 4.74 Å². The van der Waals surface area contributed by atoms with Gasteiger partial charge in [0.05, 0.1) is 11.0 Å². The van der Waals surface area contributed by atoms with Crippen LogP contribution < -0.4 is 5.32 Å². The number of aryl methyl sites for hydroxylation is 1. The Morgan fingerprint density at radius 2 is 2.22 bits per heavy atom. The molecule has 23 heavy (non-hydrogen) atoms. The number of nitrogens with one attached hydrogen (secondary N) is 1. The Labute approximate surface area is 135 Å². The van der Waals surface area contributed by atoms with Gasteiger partial charge in [-0.3, -0.25) is 10.1 Å². The molecule has 2 heterocycles. The van der Waals surface area contributed by atoms with Crippen molar-refractivity contribution in [1.29, 1.82) is 0 Å². The van der Waals surface area contributed by atoms with Crippen molar-refractivity contribution >= 4 is 11.5 Å². The maximum absolute atomic E-state index is 10.7. The van der Waals surface area contributed by atoms with Crippen LogP contribution in [0.1, 0.15) is 31.2 Å². The topological polar surface area (TPSA) is 97.5 Å². The molecule has 2 N–H and O–H groups in total. The number of aliphatic hydroxyl groups is 1. The van der Waals surface area contributed by atoms with Gasteiger partial charge in [-0.05, 0) is 38.2 Å². The van der Waals surface area contributed by atoms with Crippen molar-refractivity contribution < 1.29 is 14.8 Å². The Kier molecular flexibility index (Phi) is 4.50. The van der Waals surface area contributed by atoms with E-state index in [2.05, 4.69) is 10.3 Å². The summed E-state index contributed by atoms with van der Waals surface area (Å²) in [4.78, 5) is 14.4. The van der Waals surface area contributed by atoms with E-state index < -0.39 is 4.92 Å². The zero-order chi connectivity index (χ0) is 16.4. The zero-order valence-corrected chi connectivity index (χ0v) is 13.3. The molecule has 2 aliphatic rings. The van der Waals surface area contributed by atoms with Crippen LogP contribution in [0.5, 0.6) is 0 Å². The van der Waals surface area contributed by atoms with Gasteiger partial charge in [0.25, 0.3) is 5.69 Å². The van der Waals surface area contributed by atoms with Crippen LogP contribution in [0.2, 0.25) is 0 Å². The van der Waals surface area contributed by atoms with Gasteiger partial charge < -0.3 is 15.2 Å². The molecule has 2 atom stereocenters. The van der Waals surface area contributed by atoms with E-state index in [0.29, 0.717) is 12.4 Å². The van der Waals surface area contributed by atoms with E-state index in [9.17, 15) is 15.2 Å². The van der Waals surface area contributed by atoms with E-state index in [0.717, 1.165) is 44.5 Å². The van der Waals surface area contributed by atoms with Gasteiger partial charge in [-0.2, -0.15) is 0 Å². The predicted molar refractivity (Wildman–Crippen MR) is 85.3 cm³/mol. The highest BCUT2D eigenvalue weighted by Crippen LogP contribution is 2.48. The first-order valence-corrected chi connectivity index (χ1v) is 8.12. The molecule has 0 bridgehead atoms. The maximum Gasteiger partial charge on any atom is 0.287 e. The number of ether oxygens (including phenoxy) is 1. The first-order valence-electron chi connectivity index (χ1n) is 8.12. The fraction of sp³-hybridized carbons (Fsp3) is 0.688. The number of nitro groups is 1. The van der Waals surface area contributed by atoms with Gasteiger partial charge in [-0.1, -0.05) is 0 Å². The number of nitrogens with zero attached hydrogens (tertiary/aromatic N) is 2. The monoisotopic (exact) mass is 321 g/mol. The molecular weight excluding hydrogens is 298 g/mol. The van der Waals surface area contributed by atoms with Gasteiger partial charge in [-0.15, -0.1) is 0 Å². The third-order valence-electron chi connectivity index (χ3n) is 5.38. The SMILES string of the molecule is Cc1cc([N+](=O)[O-])cnc1NC[C@H]1CCC2(CCOCC2)[C@@H]1O. The highest BCUT2D eigenvalue weighted by molar-refractivity contribution is 5.48. The second-order valence-electron chi connectivity index (χ2n) is 6.72. The molecule has 0 unspecified atom stereocenters. The highest BCUT2D eigenvalue weighted by Gasteiger charge is 2.47. The Morgan fingerprint density at radius 1 is 1.48 bits per heavy atom. The van der Waals surface area contributed by atoms with Crippen LogP contribution in [0, 0.1) is 28.4 Å². The van der Waals surface area contributed by atoms with E-state index in [1.54, 1.807) is 6.92 Å². The number of pyridine rings is 1. The van der Waals surface area contributed by atoms with E-state index in [1.807, 2.05) is 0 Å². The van der Waals surface area contributed by atoms with Crippen LogP contribution in [0.4, 0.5) is 11.5 Å². The average Bonchev–Trinajstić information content (AvgIpc) is 2.83. The second-order valence-corrected chi connectivity index (χ2v) is 6.72. The van der Waals surface area contributed by atoms with E-state index in [-0.39, 0.29) is 23.1 Å². The van der Waals surface area contributed by atoms with Crippen LogP contribution >= 0.6 is 0 Å². The standard InChI is InChI=1S/C16H23N3O4/c1-11-8-13(19(21)22)10-18-15(11)17-9-12-2-3-16(14(12)20)4-6-23-7-5-16/h8,10,12,14,20H,2-7,9H2,1H3,(H,17,18)/t12-,14-/m1/s1. The average molecular weight is 321 g/mol. The number of rotatable bonds is 4. The summed E-state index contributed by atoms with van der Waals surface area (Å²) >= 11 is 0. The molecule has 1 saturated carbocycles. The van der Waals surface area contributed by atoms with Crippen molar-refractivity contribution in [2.75, 3.05) is 25.1 Å². The lowest BCUT2D eigenvalue weighted by molar-refractivity contribution is -0.385. The van der Waals surface area contributed by atoms with Gasteiger partial charge in [-0.25, -0.2) is 4.98 Å². The second kappa shape index (κ2) is 6.41. The molecule has 1 saturated heterocycles. The van der Waals surface area contributed by atoms with Gasteiger partial charge >= 0.3 is 0 Å². The summed E-state index contributed by atoms with van der Waals surface area (Å²) in [6.07, 6.45) is 4.83. The minimum absolute atomic E-state index is 0.00453. The first-order chi connectivity index (χ1) is 11.0. The minimum Gasteiger partial charge on any atom is -0.392 e. The quantitative estimate of drug-likeness (QED) is 0.652. The number of hydrogen-bond acceptors (Lipinski definition) is 6. The number of anilines is 1. The third kappa shape index (κ3) is 3.16. The lowest BCUT2D eigenvalue weighted by Gasteiger charge is -2.37. The van der Waals surface area contributed by atoms with Crippen molar-refractivity contribution in [3.05, 3.63) is 27.9 Å². The highest BCUT2D eigenvalue weighted by atomic mass is 16.6. The summed E-state index contributed by atoms with van der Waals surface area (Å²) in [7, 11) is 0. The minimum atomic E-state index is -0.445. The van der Waals surface area contributed by atoms with Crippen molar-refractivity contribution in [2.45, 2.75) is 38.7 Å². The number of aliphatic hydroxyl groups excluding tert-OH is 1. The van der Waals surface area contributed by atoms with Crippen LogP contribution in [0.3, 0.4) is 0 Å². The summed E-state index contributed by atoms with van der Waals surface area (Å²) in [5, 5.41) is 24.7. The Hall–Kier alpha value is -1.73. The normalized spacial score (nSPS) is 26.3. The smallest absolute Gasteiger partial charge is 0.287 e. The molecule has 1 aromatic heterocycles. The summed E-state index contributed by atoms with van der Waals surface area (Å²) in [5.41, 5.74) is 0.755. The first kappa shape index (κ1) is 16.1. The third-order valence-corrected chi connectivity index (χ3v) is 5.38. The van der Waals surface area contributed by atoms with E-state index >= 15 is 0 Å². The lowest BCUT2D eigenvalue weighted by Crippen LogP contribution is -2.40. The molecule has 0 radical (unpaired) electrons. The molecule has 2 fully saturated rings. The number of hydrogen-bond donors (Lipinski definition) is 2. The largest absolute Gasteiger partial charge is 0.392 e.